The number of aromatic nitrogens is 2. The van der Waals surface area contributed by atoms with E-state index in [-0.39, 0.29) is 11.6 Å². The third-order valence-electron chi connectivity index (χ3n) is 4.12. The highest BCUT2D eigenvalue weighted by molar-refractivity contribution is 6.32. The maximum absolute atomic E-state index is 12.3. The van der Waals surface area contributed by atoms with Crippen LogP contribution < -0.4 is 15.0 Å². The van der Waals surface area contributed by atoms with Crippen LogP contribution in [0.5, 0.6) is 5.75 Å². The molecule has 2 aromatic rings. The molecule has 1 saturated heterocycles. The molecule has 7 nitrogen and oxygen atoms in total. The van der Waals surface area contributed by atoms with E-state index in [1.807, 2.05) is 6.07 Å². The Kier molecular flexibility index (Phi) is 5.35. The second-order valence-electron chi connectivity index (χ2n) is 5.87. The number of carbonyl (C=O) groups is 1. The van der Waals surface area contributed by atoms with E-state index < -0.39 is 0 Å². The molecule has 1 amide bonds. The lowest BCUT2D eigenvalue weighted by atomic mass is 10.2. The molecule has 0 bridgehead atoms. The molecule has 0 aliphatic carbocycles. The molecule has 2 heterocycles. The van der Waals surface area contributed by atoms with Crippen molar-refractivity contribution in [1.29, 1.82) is 0 Å². The summed E-state index contributed by atoms with van der Waals surface area (Å²) in [6.45, 7) is 3.78. The van der Waals surface area contributed by atoms with Crippen molar-refractivity contribution in [2.75, 3.05) is 50.6 Å². The predicted molar refractivity (Wildman–Crippen MR) is 97.7 cm³/mol. The Balaban J connectivity index is 1.65. The number of anilines is 2. The van der Waals surface area contributed by atoms with Crippen LogP contribution in [0.1, 0.15) is 10.5 Å². The molecule has 25 heavy (non-hydrogen) atoms. The topological polar surface area (TPSA) is 70.6 Å². The molecule has 1 fully saturated rings. The summed E-state index contributed by atoms with van der Waals surface area (Å²) in [7, 11) is 3.64. The van der Waals surface area contributed by atoms with Crippen molar-refractivity contribution in [3.63, 3.8) is 0 Å². The van der Waals surface area contributed by atoms with E-state index in [4.69, 9.17) is 16.3 Å². The molecule has 1 N–H and O–H groups in total. The van der Waals surface area contributed by atoms with Gasteiger partial charge < -0.3 is 19.9 Å². The fourth-order valence-electron chi connectivity index (χ4n) is 2.59. The summed E-state index contributed by atoms with van der Waals surface area (Å²) in [4.78, 5) is 16.7. The number of methoxy groups -OCH3 is 1. The second kappa shape index (κ2) is 7.67. The number of rotatable bonds is 4. The van der Waals surface area contributed by atoms with Crippen molar-refractivity contribution in [3.8, 4) is 5.75 Å². The van der Waals surface area contributed by atoms with E-state index in [2.05, 4.69) is 32.4 Å². The molecular weight excluding hydrogens is 342 g/mol. The Morgan fingerprint density at radius 2 is 1.92 bits per heavy atom. The number of ether oxygens (including phenoxy) is 1. The van der Waals surface area contributed by atoms with Crippen LogP contribution >= 0.6 is 11.6 Å². The lowest BCUT2D eigenvalue weighted by molar-refractivity contribution is 0.102. The molecule has 0 atom stereocenters. The molecule has 1 aromatic carbocycles. The number of hydrogen-bond donors (Lipinski definition) is 1. The molecule has 3 rings (SSSR count). The minimum absolute atomic E-state index is 0.254. The number of hydrogen-bond acceptors (Lipinski definition) is 6. The van der Waals surface area contributed by atoms with Crippen molar-refractivity contribution in [2.24, 2.45) is 0 Å². The summed E-state index contributed by atoms with van der Waals surface area (Å²) in [5, 5.41) is 11.4. The molecule has 0 saturated carbocycles. The zero-order valence-corrected chi connectivity index (χ0v) is 15.0. The monoisotopic (exact) mass is 361 g/mol. The third kappa shape index (κ3) is 4.18. The van der Waals surface area contributed by atoms with Gasteiger partial charge in [0.25, 0.3) is 5.91 Å². The number of likely N-dealkylation sites (N-methyl/N-ethyl adjacent to an activating group) is 1. The van der Waals surface area contributed by atoms with Gasteiger partial charge >= 0.3 is 0 Å². The van der Waals surface area contributed by atoms with Crippen molar-refractivity contribution in [1.82, 2.24) is 15.1 Å². The highest BCUT2D eigenvalue weighted by Crippen LogP contribution is 2.27. The highest BCUT2D eigenvalue weighted by Gasteiger charge is 2.17. The van der Waals surface area contributed by atoms with Crippen LogP contribution in [0.3, 0.4) is 0 Å². The van der Waals surface area contributed by atoms with Gasteiger partial charge in [0.15, 0.2) is 11.5 Å². The van der Waals surface area contributed by atoms with E-state index in [1.54, 1.807) is 24.3 Å². The van der Waals surface area contributed by atoms with Gasteiger partial charge in [-0.1, -0.05) is 11.6 Å². The number of carbonyl (C=O) groups excluding carboxylic acids is 1. The van der Waals surface area contributed by atoms with Gasteiger partial charge in [-0.3, -0.25) is 4.79 Å². The third-order valence-corrected chi connectivity index (χ3v) is 4.42. The molecule has 0 spiro atoms. The standard InChI is InChI=1S/C17H20ClN5O2/c1-22-7-9-23(10-8-22)16-6-4-14(20-21-16)17(24)19-12-3-5-15(25-2)13(18)11-12/h3-6,11H,7-10H2,1-2H3,(H,19,24). The largest absolute Gasteiger partial charge is 0.495 e. The summed E-state index contributed by atoms with van der Waals surface area (Å²) < 4.78 is 5.09. The van der Waals surface area contributed by atoms with Gasteiger partial charge in [-0.2, -0.15) is 0 Å². The zero-order valence-electron chi connectivity index (χ0n) is 14.2. The smallest absolute Gasteiger partial charge is 0.276 e. The number of nitrogens with zero attached hydrogens (tertiary/aromatic N) is 4. The Hall–Kier alpha value is -2.38. The molecule has 0 radical (unpaired) electrons. The number of halogens is 1. The number of piperazine rings is 1. The minimum Gasteiger partial charge on any atom is -0.495 e. The fraction of sp³-hybridized carbons (Fsp3) is 0.353. The van der Waals surface area contributed by atoms with Gasteiger partial charge in [0.2, 0.25) is 0 Å². The molecule has 1 aromatic heterocycles. The maximum atomic E-state index is 12.3. The summed E-state index contributed by atoms with van der Waals surface area (Å²) in [6, 6.07) is 8.55. The lowest BCUT2D eigenvalue weighted by Gasteiger charge is -2.32. The minimum atomic E-state index is -0.335. The first-order valence-corrected chi connectivity index (χ1v) is 8.37. The van der Waals surface area contributed by atoms with E-state index in [9.17, 15) is 4.79 Å². The Labute approximate surface area is 151 Å². The molecule has 8 heteroatoms. The van der Waals surface area contributed by atoms with E-state index in [0.29, 0.717) is 16.5 Å². The van der Waals surface area contributed by atoms with Crippen molar-refractivity contribution in [3.05, 3.63) is 41.0 Å². The molecular formula is C17H20ClN5O2. The Morgan fingerprint density at radius 3 is 2.52 bits per heavy atom. The first-order chi connectivity index (χ1) is 12.1. The Bertz CT molecular complexity index is 745. The molecule has 1 aliphatic heterocycles. The number of amides is 1. The van der Waals surface area contributed by atoms with Crippen molar-refractivity contribution in [2.45, 2.75) is 0 Å². The Morgan fingerprint density at radius 1 is 1.16 bits per heavy atom. The van der Waals surface area contributed by atoms with Crippen molar-refractivity contribution < 1.29 is 9.53 Å². The van der Waals surface area contributed by atoms with Gasteiger partial charge in [0, 0.05) is 31.9 Å². The normalized spacial score (nSPS) is 15.1. The maximum Gasteiger partial charge on any atom is 0.276 e. The predicted octanol–water partition coefficient (Wildman–Crippen LogP) is 2.14. The summed E-state index contributed by atoms with van der Waals surface area (Å²) in [6.07, 6.45) is 0. The van der Waals surface area contributed by atoms with Gasteiger partial charge in [-0.25, -0.2) is 0 Å². The first-order valence-electron chi connectivity index (χ1n) is 7.99. The quantitative estimate of drug-likeness (QED) is 0.899. The van der Waals surface area contributed by atoms with Crippen LogP contribution in [-0.4, -0.2) is 61.3 Å². The second-order valence-corrected chi connectivity index (χ2v) is 6.28. The SMILES string of the molecule is COc1ccc(NC(=O)c2ccc(N3CCN(C)CC3)nn2)cc1Cl. The van der Waals surface area contributed by atoms with Gasteiger partial charge in [-0.15, -0.1) is 10.2 Å². The zero-order chi connectivity index (χ0) is 17.8. The highest BCUT2D eigenvalue weighted by atomic mass is 35.5. The number of nitrogens with one attached hydrogen (secondary N) is 1. The summed E-state index contributed by atoms with van der Waals surface area (Å²) in [5.41, 5.74) is 0.825. The fourth-order valence-corrected chi connectivity index (χ4v) is 2.85. The van der Waals surface area contributed by atoms with Crippen LogP contribution in [0, 0.1) is 0 Å². The lowest BCUT2D eigenvalue weighted by Crippen LogP contribution is -2.44. The van der Waals surface area contributed by atoms with Crippen LogP contribution in [0.2, 0.25) is 5.02 Å². The first kappa shape index (κ1) is 17.4. The van der Waals surface area contributed by atoms with E-state index in [1.165, 1.54) is 7.11 Å². The summed E-state index contributed by atoms with van der Waals surface area (Å²) >= 11 is 6.06. The van der Waals surface area contributed by atoms with Crippen LogP contribution in [0.15, 0.2) is 30.3 Å². The molecule has 1 aliphatic rings. The van der Waals surface area contributed by atoms with Crippen LogP contribution in [-0.2, 0) is 0 Å². The molecule has 0 unspecified atom stereocenters. The van der Waals surface area contributed by atoms with Gasteiger partial charge in [0.1, 0.15) is 5.75 Å². The van der Waals surface area contributed by atoms with Crippen LogP contribution in [0.25, 0.3) is 0 Å². The average molecular weight is 362 g/mol. The summed E-state index contributed by atoms with van der Waals surface area (Å²) in [5.74, 6) is 1.01. The van der Waals surface area contributed by atoms with Gasteiger partial charge in [-0.05, 0) is 37.4 Å². The van der Waals surface area contributed by atoms with Gasteiger partial charge in [0.05, 0.1) is 12.1 Å². The molecule has 132 valence electrons. The van der Waals surface area contributed by atoms with E-state index in [0.717, 1.165) is 32.0 Å². The number of benzene rings is 1. The van der Waals surface area contributed by atoms with E-state index >= 15 is 0 Å². The van der Waals surface area contributed by atoms with Crippen LogP contribution in [0.4, 0.5) is 11.5 Å². The average Bonchev–Trinajstić information content (AvgIpc) is 2.63. The van der Waals surface area contributed by atoms with Crippen molar-refractivity contribution >= 4 is 29.0 Å².